The molecule has 19 heavy (non-hydrogen) atoms. The van der Waals surface area contributed by atoms with E-state index in [0.717, 1.165) is 25.8 Å². The molecule has 0 radical (unpaired) electrons. The van der Waals surface area contributed by atoms with Gasteiger partial charge in [0.15, 0.2) is 5.69 Å². The van der Waals surface area contributed by atoms with Crippen LogP contribution in [0.2, 0.25) is 0 Å². The predicted molar refractivity (Wildman–Crippen MR) is 77.1 cm³/mol. The van der Waals surface area contributed by atoms with Crippen LogP contribution in [-0.2, 0) is 0 Å². The molecule has 5 nitrogen and oxygen atoms in total. The zero-order chi connectivity index (χ0) is 13.2. The number of hydrogen-bond acceptors (Lipinski definition) is 6. The van der Waals surface area contributed by atoms with Gasteiger partial charge in [-0.05, 0) is 31.0 Å². The lowest BCUT2D eigenvalue weighted by Gasteiger charge is -2.04. The van der Waals surface area contributed by atoms with Crippen LogP contribution in [-0.4, -0.2) is 15.2 Å². The number of aryl methyl sites for hydroxylation is 1. The molecule has 0 bridgehead atoms. The van der Waals surface area contributed by atoms with Crippen molar-refractivity contribution in [1.82, 2.24) is 15.2 Å². The summed E-state index contributed by atoms with van der Waals surface area (Å²) in [5.41, 5.74) is 2.16. The van der Waals surface area contributed by atoms with Gasteiger partial charge in [0, 0.05) is 5.39 Å². The van der Waals surface area contributed by atoms with Crippen molar-refractivity contribution in [2.24, 2.45) is 0 Å². The van der Waals surface area contributed by atoms with Crippen LogP contribution < -0.4 is 4.72 Å². The Kier molecular flexibility index (Phi) is 3.11. The number of H-pyrrole nitrogens is 1. The molecule has 0 saturated carbocycles. The minimum absolute atomic E-state index is 0.414. The van der Waals surface area contributed by atoms with Gasteiger partial charge in [0.2, 0.25) is 0 Å². The Bertz CT molecular complexity index is 768. The van der Waals surface area contributed by atoms with Gasteiger partial charge in [-0.3, -0.25) is 5.10 Å². The lowest BCUT2D eigenvalue weighted by Crippen LogP contribution is -1.86. The molecule has 2 aromatic heterocycles. The first-order chi connectivity index (χ1) is 9.28. The molecule has 0 saturated heterocycles. The summed E-state index contributed by atoms with van der Waals surface area (Å²) in [6.45, 7) is 1.98. The maximum absolute atomic E-state index is 8.96. The van der Waals surface area contributed by atoms with Crippen molar-refractivity contribution >= 4 is 39.9 Å². The maximum atomic E-state index is 8.96. The van der Waals surface area contributed by atoms with Crippen LogP contribution in [0.5, 0.6) is 0 Å². The predicted octanol–water partition coefficient (Wildman–Crippen LogP) is 3.32. The van der Waals surface area contributed by atoms with Gasteiger partial charge in [0.25, 0.3) is 0 Å². The van der Waals surface area contributed by atoms with Gasteiger partial charge in [-0.15, -0.1) is 11.3 Å². The lowest BCUT2D eigenvalue weighted by atomic mass is 10.2. The molecule has 0 fully saturated rings. The smallest absolute Gasteiger partial charge is 0.170 e. The van der Waals surface area contributed by atoms with Crippen molar-refractivity contribution in [2.45, 2.75) is 11.1 Å². The first-order valence-corrected chi connectivity index (χ1v) is 7.13. The highest BCUT2D eigenvalue weighted by molar-refractivity contribution is 8.02. The Morgan fingerprint density at radius 3 is 3.11 bits per heavy atom. The van der Waals surface area contributed by atoms with E-state index in [9.17, 15) is 0 Å². The van der Waals surface area contributed by atoms with Crippen LogP contribution >= 0.6 is 23.3 Å². The van der Waals surface area contributed by atoms with Gasteiger partial charge in [-0.1, -0.05) is 6.07 Å². The summed E-state index contributed by atoms with van der Waals surface area (Å²) in [6, 6.07) is 7.80. The molecule has 0 amide bonds. The third kappa shape index (κ3) is 2.28. The number of anilines is 1. The van der Waals surface area contributed by atoms with E-state index in [1.807, 2.05) is 31.3 Å². The highest BCUT2D eigenvalue weighted by atomic mass is 32.2. The standard InChI is InChI=1S/C12H9N5S2/c1-7-14-6-11(18-7)19-17-9-4-2-3-8-10(5-13)15-16-12(8)9/h2-4,6,17H,1H3,(H,15,16). The molecule has 94 valence electrons. The van der Waals surface area contributed by atoms with E-state index in [1.165, 1.54) is 11.9 Å². The summed E-state index contributed by atoms with van der Waals surface area (Å²) >= 11 is 3.13. The van der Waals surface area contributed by atoms with Crippen molar-refractivity contribution in [3.63, 3.8) is 0 Å². The van der Waals surface area contributed by atoms with E-state index in [1.54, 1.807) is 11.3 Å². The fraction of sp³-hybridized carbons (Fsp3) is 0.0833. The SMILES string of the molecule is Cc1ncc(SNc2cccc3c(C#N)n[nH]c23)s1. The quantitative estimate of drug-likeness (QED) is 0.723. The minimum Gasteiger partial charge on any atom is -0.323 e. The molecule has 0 aliphatic heterocycles. The fourth-order valence-electron chi connectivity index (χ4n) is 1.71. The van der Waals surface area contributed by atoms with E-state index in [4.69, 9.17) is 5.26 Å². The van der Waals surface area contributed by atoms with Crippen LogP contribution in [0.3, 0.4) is 0 Å². The van der Waals surface area contributed by atoms with Crippen LogP contribution in [0.1, 0.15) is 10.7 Å². The molecule has 7 heteroatoms. The number of para-hydroxylation sites is 1. The number of thiazole rings is 1. The van der Waals surface area contributed by atoms with Crippen molar-refractivity contribution < 1.29 is 0 Å². The van der Waals surface area contributed by atoms with Gasteiger partial charge < -0.3 is 4.72 Å². The number of nitrogens with one attached hydrogen (secondary N) is 2. The Morgan fingerprint density at radius 2 is 2.37 bits per heavy atom. The molecular formula is C12H9N5S2. The second-order valence-corrected chi connectivity index (χ2v) is 6.16. The maximum Gasteiger partial charge on any atom is 0.170 e. The number of hydrogen-bond donors (Lipinski definition) is 2. The summed E-state index contributed by atoms with van der Waals surface area (Å²) in [5.74, 6) is 0. The Morgan fingerprint density at radius 1 is 1.47 bits per heavy atom. The van der Waals surface area contributed by atoms with Gasteiger partial charge in [-0.25, -0.2) is 4.98 Å². The average molecular weight is 287 g/mol. The molecule has 0 aliphatic rings. The van der Waals surface area contributed by atoms with Gasteiger partial charge in [0.1, 0.15) is 10.3 Å². The third-order valence-electron chi connectivity index (χ3n) is 2.57. The van der Waals surface area contributed by atoms with Gasteiger partial charge in [0.05, 0.1) is 22.4 Å². The number of rotatable bonds is 3. The first kappa shape index (κ1) is 12.0. The van der Waals surface area contributed by atoms with E-state index >= 15 is 0 Å². The number of benzene rings is 1. The third-order valence-corrected chi connectivity index (χ3v) is 4.40. The number of aromatic nitrogens is 3. The van der Waals surface area contributed by atoms with Crippen molar-refractivity contribution in [2.75, 3.05) is 4.72 Å². The highest BCUT2D eigenvalue weighted by Crippen LogP contribution is 2.30. The van der Waals surface area contributed by atoms with Crippen molar-refractivity contribution in [1.29, 1.82) is 5.26 Å². The largest absolute Gasteiger partial charge is 0.323 e. The molecule has 0 aliphatic carbocycles. The number of nitriles is 1. The van der Waals surface area contributed by atoms with E-state index in [-0.39, 0.29) is 0 Å². The average Bonchev–Trinajstić information content (AvgIpc) is 3.02. The lowest BCUT2D eigenvalue weighted by molar-refractivity contribution is 1.10. The van der Waals surface area contributed by atoms with Crippen LogP contribution in [0.4, 0.5) is 5.69 Å². The zero-order valence-electron chi connectivity index (χ0n) is 9.97. The Hall–Kier alpha value is -2.04. The van der Waals surface area contributed by atoms with E-state index in [0.29, 0.717) is 5.69 Å². The second-order valence-electron chi connectivity index (χ2n) is 3.81. The number of fused-ring (bicyclic) bond motifs is 1. The minimum atomic E-state index is 0.414. The normalized spacial score (nSPS) is 10.5. The summed E-state index contributed by atoms with van der Waals surface area (Å²) in [5, 5.41) is 17.7. The zero-order valence-corrected chi connectivity index (χ0v) is 11.6. The Labute approximate surface area is 117 Å². The fourth-order valence-corrected chi connectivity index (χ4v) is 3.35. The molecule has 0 unspecified atom stereocenters. The van der Waals surface area contributed by atoms with Gasteiger partial charge in [-0.2, -0.15) is 10.4 Å². The van der Waals surface area contributed by atoms with Gasteiger partial charge >= 0.3 is 0 Å². The molecule has 3 aromatic rings. The topological polar surface area (TPSA) is 77.4 Å². The molecule has 0 spiro atoms. The Balaban J connectivity index is 1.89. The number of aromatic amines is 1. The summed E-state index contributed by atoms with van der Waals surface area (Å²) in [7, 11) is 0. The molecule has 1 aromatic carbocycles. The number of nitrogens with zero attached hydrogens (tertiary/aromatic N) is 3. The molecule has 2 N–H and O–H groups in total. The summed E-state index contributed by atoms with van der Waals surface area (Å²) in [4.78, 5) is 4.20. The first-order valence-electron chi connectivity index (χ1n) is 5.50. The summed E-state index contributed by atoms with van der Waals surface area (Å²) < 4.78 is 4.35. The van der Waals surface area contributed by atoms with Crippen LogP contribution in [0.15, 0.2) is 28.6 Å². The molecule has 0 atom stereocenters. The van der Waals surface area contributed by atoms with E-state index in [2.05, 4.69) is 26.0 Å². The summed E-state index contributed by atoms with van der Waals surface area (Å²) in [6.07, 6.45) is 1.84. The second kappa shape index (κ2) is 4.91. The molecule has 2 heterocycles. The monoisotopic (exact) mass is 287 g/mol. The van der Waals surface area contributed by atoms with E-state index < -0.39 is 0 Å². The van der Waals surface area contributed by atoms with Crippen molar-refractivity contribution in [3.8, 4) is 6.07 Å². The molecular weight excluding hydrogens is 278 g/mol. The van der Waals surface area contributed by atoms with Crippen LogP contribution in [0.25, 0.3) is 10.9 Å². The van der Waals surface area contributed by atoms with Crippen molar-refractivity contribution in [3.05, 3.63) is 35.1 Å². The highest BCUT2D eigenvalue weighted by Gasteiger charge is 2.09. The van der Waals surface area contributed by atoms with Crippen LogP contribution in [0, 0.1) is 18.3 Å². The molecule has 3 rings (SSSR count).